The first-order chi connectivity index (χ1) is 21.3. The smallest absolute Gasteiger partial charge is 0.421 e. The van der Waals surface area contributed by atoms with Gasteiger partial charge in [-0.25, -0.2) is 9.69 Å². The summed E-state index contributed by atoms with van der Waals surface area (Å²) in [5.41, 5.74) is -1.36. The molecule has 45 heavy (non-hydrogen) atoms. The lowest BCUT2D eigenvalue weighted by Gasteiger charge is -2.37. The third kappa shape index (κ3) is 6.83. The first-order valence-corrected chi connectivity index (χ1v) is 18.5. The Morgan fingerprint density at radius 2 is 1.29 bits per heavy atom. The Bertz CT molecular complexity index is 1590. The molecule has 0 fully saturated rings. The van der Waals surface area contributed by atoms with Crippen molar-refractivity contribution < 1.29 is 41.6 Å². The van der Waals surface area contributed by atoms with Gasteiger partial charge in [0.1, 0.15) is 11.0 Å². The minimum absolute atomic E-state index is 0.0242. The van der Waals surface area contributed by atoms with Gasteiger partial charge >= 0.3 is 21.3 Å². The standard InChI is InChI=1S/C33H43NO9P2/c1-8-39-44(37,40-9-2)29(45(38,41-10-3)42-11-4)23-33(26-21-20-24-16-12-13-17-25(24)22-26)27-18-14-15-19-28(27)34(30(33)35)31(36)43-32(5,6)7/h12-22,29H,8-11,23H2,1-7H3/t33-/m1/s1. The minimum Gasteiger partial charge on any atom is -0.443 e. The van der Waals surface area contributed by atoms with Crippen LogP contribution in [0.3, 0.4) is 0 Å². The van der Waals surface area contributed by atoms with Crippen LogP contribution in [0.1, 0.15) is 66.0 Å². The number of rotatable bonds is 13. The van der Waals surface area contributed by atoms with E-state index in [0.29, 0.717) is 16.8 Å². The SMILES string of the molecule is CCOP(=O)(OCC)C(C[C@]1(c2ccc3ccccc3c2)C(=O)N(C(=O)OC(C)(C)C)c2ccccc21)P(=O)(OCC)OCC. The number of carbonyl (C=O) groups is 2. The third-order valence-electron chi connectivity index (χ3n) is 7.45. The van der Waals surface area contributed by atoms with Crippen molar-refractivity contribution in [3.8, 4) is 0 Å². The molecule has 0 saturated heterocycles. The van der Waals surface area contributed by atoms with Gasteiger partial charge in [0.05, 0.1) is 32.1 Å². The molecular weight excluding hydrogens is 616 g/mol. The largest absolute Gasteiger partial charge is 0.443 e. The summed E-state index contributed by atoms with van der Waals surface area (Å²) in [5, 5.41) is 0.230. The number of anilines is 1. The molecule has 1 aliphatic rings. The Kier molecular flexibility index (Phi) is 10.8. The fraction of sp³-hybridized carbons (Fsp3) is 0.455. The zero-order valence-electron chi connectivity index (χ0n) is 27.0. The number of fused-ring (bicyclic) bond motifs is 2. The Labute approximate surface area is 265 Å². The molecule has 2 amide bonds. The van der Waals surface area contributed by atoms with Gasteiger partial charge in [-0.2, -0.15) is 0 Å². The zero-order valence-corrected chi connectivity index (χ0v) is 28.8. The number of carbonyl (C=O) groups excluding carboxylic acids is 2. The number of hydrogen-bond acceptors (Lipinski definition) is 9. The van der Waals surface area contributed by atoms with Crippen molar-refractivity contribution in [2.75, 3.05) is 31.3 Å². The lowest BCUT2D eigenvalue weighted by atomic mass is 9.73. The summed E-state index contributed by atoms with van der Waals surface area (Å²) in [6.45, 7) is 11.6. The van der Waals surface area contributed by atoms with Gasteiger partial charge in [-0.15, -0.1) is 0 Å². The summed E-state index contributed by atoms with van der Waals surface area (Å²) < 4.78 is 58.2. The van der Waals surface area contributed by atoms with E-state index >= 15 is 4.79 Å². The topological polar surface area (TPSA) is 118 Å². The first kappa shape index (κ1) is 35.0. The summed E-state index contributed by atoms with van der Waals surface area (Å²) in [6.07, 6.45) is -1.25. The first-order valence-electron chi connectivity index (χ1n) is 15.2. The lowest BCUT2D eigenvalue weighted by molar-refractivity contribution is -0.121. The van der Waals surface area contributed by atoms with Crippen LogP contribution in [0.5, 0.6) is 0 Å². The van der Waals surface area contributed by atoms with Gasteiger partial charge in [0, 0.05) is 0 Å². The van der Waals surface area contributed by atoms with Crippen molar-refractivity contribution in [3.05, 3.63) is 77.9 Å². The Balaban J connectivity index is 2.08. The second kappa shape index (κ2) is 13.9. The van der Waals surface area contributed by atoms with Crippen molar-refractivity contribution in [2.24, 2.45) is 0 Å². The number of hydrogen-bond donors (Lipinski definition) is 0. The predicted molar refractivity (Wildman–Crippen MR) is 175 cm³/mol. The minimum atomic E-state index is -4.29. The van der Waals surface area contributed by atoms with Crippen molar-refractivity contribution in [1.82, 2.24) is 0 Å². The molecule has 1 aliphatic heterocycles. The van der Waals surface area contributed by atoms with E-state index < -0.39 is 43.6 Å². The molecule has 1 atom stereocenters. The van der Waals surface area contributed by atoms with Gasteiger partial charge in [0.25, 0.3) is 5.91 Å². The molecule has 1 heterocycles. The average molecular weight is 660 g/mol. The second-order valence-electron chi connectivity index (χ2n) is 11.5. The van der Waals surface area contributed by atoms with Crippen LogP contribution in [-0.4, -0.2) is 49.4 Å². The van der Waals surface area contributed by atoms with Crippen LogP contribution in [0, 0.1) is 0 Å². The van der Waals surface area contributed by atoms with Gasteiger partial charge in [0.15, 0.2) is 5.40 Å². The highest BCUT2D eigenvalue weighted by Gasteiger charge is 2.62. The quantitative estimate of drug-likeness (QED) is 0.166. The van der Waals surface area contributed by atoms with E-state index in [0.717, 1.165) is 15.7 Å². The highest BCUT2D eigenvalue weighted by molar-refractivity contribution is 7.72. The number of para-hydroxylation sites is 1. The molecule has 244 valence electrons. The van der Waals surface area contributed by atoms with Crippen molar-refractivity contribution in [1.29, 1.82) is 0 Å². The predicted octanol–water partition coefficient (Wildman–Crippen LogP) is 8.66. The van der Waals surface area contributed by atoms with E-state index in [1.807, 2.05) is 36.4 Å². The number of nitrogens with zero attached hydrogens (tertiary/aromatic N) is 1. The summed E-state index contributed by atoms with van der Waals surface area (Å²) in [4.78, 5) is 29.8. The maximum absolute atomic E-state index is 15.1. The van der Waals surface area contributed by atoms with Crippen LogP contribution in [0.15, 0.2) is 66.7 Å². The molecule has 0 spiro atoms. The molecule has 0 aromatic heterocycles. The normalized spacial score (nSPS) is 17.2. The Hall–Kier alpha value is -2.84. The summed E-state index contributed by atoms with van der Waals surface area (Å²) in [7, 11) is -8.58. The molecule has 3 aromatic carbocycles. The van der Waals surface area contributed by atoms with Crippen molar-refractivity contribution >= 4 is 43.7 Å². The lowest BCUT2D eigenvalue weighted by Crippen LogP contribution is -2.47. The highest BCUT2D eigenvalue weighted by Crippen LogP contribution is 2.73. The van der Waals surface area contributed by atoms with Crippen LogP contribution in [0.4, 0.5) is 10.5 Å². The number of ether oxygens (including phenoxy) is 1. The van der Waals surface area contributed by atoms with E-state index in [4.69, 9.17) is 22.8 Å². The monoisotopic (exact) mass is 659 g/mol. The van der Waals surface area contributed by atoms with Crippen LogP contribution in [0.25, 0.3) is 10.8 Å². The molecule has 0 saturated carbocycles. The van der Waals surface area contributed by atoms with E-state index in [9.17, 15) is 13.9 Å². The molecule has 12 heteroatoms. The molecule has 0 N–H and O–H groups in total. The van der Waals surface area contributed by atoms with Crippen LogP contribution >= 0.6 is 15.2 Å². The molecule has 0 unspecified atom stereocenters. The average Bonchev–Trinajstić information content (AvgIpc) is 3.23. The fourth-order valence-electron chi connectivity index (χ4n) is 5.79. The van der Waals surface area contributed by atoms with Gasteiger partial charge < -0.3 is 22.8 Å². The van der Waals surface area contributed by atoms with Crippen LogP contribution in [-0.2, 0) is 42.2 Å². The molecule has 0 aliphatic carbocycles. The fourth-order valence-corrected chi connectivity index (χ4v) is 11.2. The number of benzene rings is 3. The Morgan fingerprint density at radius 3 is 1.82 bits per heavy atom. The molecule has 0 bridgehead atoms. The Morgan fingerprint density at radius 1 is 0.778 bits per heavy atom. The second-order valence-corrected chi connectivity index (χ2v) is 16.4. The summed E-state index contributed by atoms with van der Waals surface area (Å²) in [5.74, 6) is -0.655. The van der Waals surface area contributed by atoms with Gasteiger partial charge in [-0.3, -0.25) is 13.9 Å². The molecular formula is C33H43NO9P2. The zero-order chi connectivity index (χ0) is 33.0. The van der Waals surface area contributed by atoms with Crippen LogP contribution < -0.4 is 4.90 Å². The van der Waals surface area contributed by atoms with E-state index in [2.05, 4.69) is 0 Å². The molecule has 4 rings (SSSR count). The number of amides is 2. The van der Waals surface area contributed by atoms with Gasteiger partial charge in [0.2, 0.25) is 0 Å². The summed E-state index contributed by atoms with van der Waals surface area (Å²) in [6, 6.07) is 20.1. The molecule has 0 radical (unpaired) electrons. The van der Waals surface area contributed by atoms with Gasteiger partial charge in [-0.05, 0) is 88.9 Å². The van der Waals surface area contributed by atoms with E-state index in [1.54, 1.807) is 78.8 Å². The highest BCUT2D eigenvalue weighted by atomic mass is 31.2. The maximum atomic E-state index is 15.1. The maximum Gasteiger partial charge on any atom is 0.421 e. The summed E-state index contributed by atoms with van der Waals surface area (Å²) >= 11 is 0. The molecule has 10 nitrogen and oxygen atoms in total. The third-order valence-corrected chi connectivity index (χ3v) is 13.4. The van der Waals surface area contributed by atoms with Crippen molar-refractivity contribution in [3.63, 3.8) is 0 Å². The van der Waals surface area contributed by atoms with Gasteiger partial charge in [-0.1, -0.05) is 54.6 Å². The van der Waals surface area contributed by atoms with E-state index in [1.165, 1.54) is 0 Å². The van der Waals surface area contributed by atoms with E-state index in [-0.39, 0.29) is 32.8 Å². The number of imide groups is 1. The van der Waals surface area contributed by atoms with Crippen molar-refractivity contribution in [2.45, 2.75) is 71.3 Å². The molecule has 3 aromatic rings. The van der Waals surface area contributed by atoms with Crippen LogP contribution in [0.2, 0.25) is 0 Å².